The predicted octanol–water partition coefficient (Wildman–Crippen LogP) is 4.31. The molecule has 0 aliphatic heterocycles. The fourth-order valence-electron chi connectivity index (χ4n) is 2.56. The number of hydrogen-bond donors (Lipinski definition) is 2. The highest BCUT2D eigenvalue weighted by atomic mass is 16.1. The summed E-state index contributed by atoms with van der Waals surface area (Å²) >= 11 is 0. The monoisotopic (exact) mass is 316 g/mol. The standard InChI is InChI=1S/C21H20N2O/c22-19-8-4-5-9-20(19)23-21(24)18-14-12-17(13-15-18)11-10-16-6-2-1-3-7-16/h1-9,12-15H,10-11,22H2,(H,23,24). The molecule has 0 unspecified atom stereocenters. The highest BCUT2D eigenvalue weighted by Crippen LogP contribution is 2.18. The summed E-state index contributed by atoms with van der Waals surface area (Å²) in [7, 11) is 0. The molecule has 3 aromatic rings. The van der Waals surface area contributed by atoms with Gasteiger partial charge in [0.1, 0.15) is 0 Å². The van der Waals surface area contributed by atoms with Crippen LogP contribution < -0.4 is 11.1 Å². The zero-order chi connectivity index (χ0) is 16.8. The van der Waals surface area contributed by atoms with Crippen LogP contribution in [0, 0.1) is 0 Å². The van der Waals surface area contributed by atoms with Gasteiger partial charge in [-0.3, -0.25) is 4.79 Å². The molecule has 3 nitrogen and oxygen atoms in total. The number of hydrogen-bond acceptors (Lipinski definition) is 2. The molecule has 0 spiro atoms. The van der Waals surface area contributed by atoms with E-state index >= 15 is 0 Å². The van der Waals surface area contributed by atoms with Crippen LogP contribution in [-0.4, -0.2) is 5.91 Å². The SMILES string of the molecule is Nc1ccccc1NC(=O)c1ccc(CCc2ccccc2)cc1. The van der Waals surface area contributed by atoms with Crippen LogP contribution in [0.15, 0.2) is 78.9 Å². The van der Waals surface area contributed by atoms with Crippen molar-refractivity contribution in [2.24, 2.45) is 0 Å². The van der Waals surface area contributed by atoms with E-state index in [2.05, 4.69) is 29.6 Å². The van der Waals surface area contributed by atoms with E-state index in [1.807, 2.05) is 42.5 Å². The maximum Gasteiger partial charge on any atom is 0.255 e. The van der Waals surface area contributed by atoms with Gasteiger partial charge in [-0.25, -0.2) is 0 Å². The second-order valence-corrected chi connectivity index (χ2v) is 5.72. The van der Waals surface area contributed by atoms with Crippen molar-refractivity contribution >= 4 is 17.3 Å². The molecule has 24 heavy (non-hydrogen) atoms. The van der Waals surface area contributed by atoms with Crippen molar-refractivity contribution in [2.75, 3.05) is 11.1 Å². The van der Waals surface area contributed by atoms with E-state index in [0.717, 1.165) is 12.8 Å². The Bertz CT molecular complexity index is 811. The van der Waals surface area contributed by atoms with Gasteiger partial charge in [0.05, 0.1) is 11.4 Å². The lowest BCUT2D eigenvalue weighted by atomic mass is 10.0. The van der Waals surface area contributed by atoms with E-state index in [4.69, 9.17) is 5.73 Å². The topological polar surface area (TPSA) is 55.1 Å². The Labute approximate surface area is 142 Å². The van der Waals surface area contributed by atoms with Crippen molar-refractivity contribution in [1.29, 1.82) is 0 Å². The molecule has 0 heterocycles. The second-order valence-electron chi connectivity index (χ2n) is 5.72. The molecule has 1 amide bonds. The first-order valence-corrected chi connectivity index (χ1v) is 8.01. The number of anilines is 2. The smallest absolute Gasteiger partial charge is 0.255 e. The first kappa shape index (κ1) is 15.8. The van der Waals surface area contributed by atoms with E-state index in [0.29, 0.717) is 16.9 Å². The maximum absolute atomic E-state index is 12.3. The van der Waals surface area contributed by atoms with E-state index in [9.17, 15) is 4.79 Å². The lowest BCUT2D eigenvalue weighted by Crippen LogP contribution is -2.13. The number of carbonyl (C=O) groups excluding carboxylic acids is 1. The van der Waals surface area contributed by atoms with Crippen molar-refractivity contribution in [1.82, 2.24) is 0 Å². The molecule has 0 saturated carbocycles. The summed E-state index contributed by atoms with van der Waals surface area (Å²) in [5.74, 6) is -0.150. The van der Waals surface area contributed by atoms with Gasteiger partial charge in [0.25, 0.3) is 5.91 Å². The molecule has 3 heteroatoms. The molecule has 0 aromatic heterocycles. The van der Waals surface area contributed by atoms with Gasteiger partial charge in [-0.15, -0.1) is 0 Å². The highest BCUT2D eigenvalue weighted by molar-refractivity contribution is 6.05. The number of nitrogens with one attached hydrogen (secondary N) is 1. The molecular formula is C21H20N2O. The largest absolute Gasteiger partial charge is 0.397 e. The van der Waals surface area contributed by atoms with Crippen LogP contribution >= 0.6 is 0 Å². The third-order valence-electron chi connectivity index (χ3n) is 3.97. The quantitative estimate of drug-likeness (QED) is 0.689. The number of carbonyl (C=O) groups is 1. The van der Waals surface area contributed by atoms with Gasteiger partial charge in [-0.2, -0.15) is 0 Å². The number of para-hydroxylation sites is 2. The maximum atomic E-state index is 12.3. The van der Waals surface area contributed by atoms with Gasteiger partial charge in [0.2, 0.25) is 0 Å². The lowest BCUT2D eigenvalue weighted by molar-refractivity contribution is 0.102. The first-order chi connectivity index (χ1) is 11.7. The van der Waals surface area contributed by atoms with Crippen LogP contribution in [0.3, 0.4) is 0 Å². The number of aryl methyl sites for hydroxylation is 2. The van der Waals surface area contributed by atoms with E-state index in [-0.39, 0.29) is 5.91 Å². The Morgan fingerprint density at radius 2 is 1.33 bits per heavy atom. The van der Waals surface area contributed by atoms with Gasteiger partial charge in [0.15, 0.2) is 0 Å². The Morgan fingerprint density at radius 1 is 0.750 bits per heavy atom. The second kappa shape index (κ2) is 7.47. The summed E-state index contributed by atoms with van der Waals surface area (Å²) in [4.78, 5) is 12.3. The molecule has 0 saturated heterocycles. The van der Waals surface area contributed by atoms with Crippen LogP contribution in [-0.2, 0) is 12.8 Å². The molecule has 0 bridgehead atoms. The number of nitrogen functional groups attached to an aromatic ring is 1. The molecule has 0 radical (unpaired) electrons. The molecule has 3 aromatic carbocycles. The van der Waals surface area contributed by atoms with Crippen LogP contribution in [0.2, 0.25) is 0 Å². The van der Waals surface area contributed by atoms with Crippen molar-refractivity contribution < 1.29 is 4.79 Å². The lowest BCUT2D eigenvalue weighted by Gasteiger charge is -2.08. The molecule has 0 atom stereocenters. The summed E-state index contributed by atoms with van der Waals surface area (Å²) in [6, 6.07) is 25.4. The number of amides is 1. The number of nitrogens with two attached hydrogens (primary N) is 1. The normalized spacial score (nSPS) is 10.3. The van der Waals surface area contributed by atoms with Gasteiger partial charge < -0.3 is 11.1 Å². The molecule has 3 N–H and O–H groups in total. The van der Waals surface area contributed by atoms with Gasteiger partial charge >= 0.3 is 0 Å². The minimum atomic E-state index is -0.150. The van der Waals surface area contributed by atoms with Crippen LogP contribution in [0.25, 0.3) is 0 Å². The van der Waals surface area contributed by atoms with Crippen molar-refractivity contribution in [2.45, 2.75) is 12.8 Å². The van der Waals surface area contributed by atoms with E-state index in [1.54, 1.807) is 12.1 Å². The average molecular weight is 316 g/mol. The molecule has 120 valence electrons. The van der Waals surface area contributed by atoms with Gasteiger partial charge in [0, 0.05) is 5.56 Å². The van der Waals surface area contributed by atoms with E-state index in [1.165, 1.54) is 11.1 Å². The third kappa shape index (κ3) is 4.02. The van der Waals surface area contributed by atoms with Crippen molar-refractivity contribution in [3.63, 3.8) is 0 Å². The fourth-order valence-corrected chi connectivity index (χ4v) is 2.56. The molecule has 0 aliphatic rings. The average Bonchev–Trinajstić information content (AvgIpc) is 2.63. The van der Waals surface area contributed by atoms with Crippen LogP contribution in [0.5, 0.6) is 0 Å². The zero-order valence-corrected chi connectivity index (χ0v) is 13.4. The predicted molar refractivity (Wildman–Crippen MR) is 99.1 cm³/mol. The molecule has 0 fully saturated rings. The summed E-state index contributed by atoms with van der Waals surface area (Å²) in [6.45, 7) is 0. The van der Waals surface area contributed by atoms with Gasteiger partial charge in [-0.05, 0) is 48.2 Å². The van der Waals surface area contributed by atoms with Crippen molar-refractivity contribution in [3.8, 4) is 0 Å². The fraction of sp³-hybridized carbons (Fsp3) is 0.0952. The molecular weight excluding hydrogens is 296 g/mol. The van der Waals surface area contributed by atoms with Crippen molar-refractivity contribution in [3.05, 3.63) is 95.6 Å². The molecule has 3 rings (SSSR count). The Morgan fingerprint density at radius 3 is 2.00 bits per heavy atom. The summed E-state index contributed by atoms with van der Waals surface area (Å²) in [6.07, 6.45) is 1.95. The van der Waals surface area contributed by atoms with Crippen LogP contribution in [0.1, 0.15) is 21.5 Å². The summed E-state index contributed by atoms with van der Waals surface area (Å²) in [5, 5.41) is 2.84. The van der Waals surface area contributed by atoms with Crippen LogP contribution in [0.4, 0.5) is 11.4 Å². The minimum Gasteiger partial charge on any atom is -0.397 e. The zero-order valence-electron chi connectivity index (χ0n) is 13.4. The van der Waals surface area contributed by atoms with E-state index < -0.39 is 0 Å². The van der Waals surface area contributed by atoms with Gasteiger partial charge in [-0.1, -0.05) is 54.6 Å². The molecule has 0 aliphatic carbocycles. The Hall–Kier alpha value is -3.07. The summed E-state index contributed by atoms with van der Waals surface area (Å²) < 4.78 is 0. The minimum absolute atomic E-state index is 0.150. The summed E-state index contributed by atoms with van der Waals surface area (Å²) in [5.41, 5.74) is 10.2. The number of benzene rings is 3. The Kier molecular flexibility index (Phi) is 4.92. The first-order valence-electron chi connectivity index (χ1n) is 8.01. The highest BCUT2D eigenvalue weighted by Gasteiger charge is 2.07. The Balaban J connectivity index is 1.61. The number of rotatable bonds is 5. The third-order valence-corrected chi connectivity index (χ3v) is 3.97.